The van der Waals surface area contributed by atoms with Crippen LogP contribution in [-0.4, -0.2) is 5.92 Å². The quantitative estimate of drug-likeness (QED) is 0.575. The van der Waals surface area contributed by atoms with Gasteiger partial charge in [-0.15, -0.1) is 0 Å². The third kappa shape index (κ3) is 2.24. The molecular weight excluding hydrogens is 134 g/mol. The predicted octanol–water partition coefficient (Wildman–Crippen LogP) is 3.47. The molecule has 0 spiro atoms. The molecule has 0 aromatic rings. The summed E-state index contributed by atoms with van der Waals surface area (Å²) in [5, 5.41) is 0. The molecule has 0 rings (SSSR count). The summed E-state index contributed by atoms with van der Waals surface area (Å²) in [7, 11) is 0. The van der Waals surface area contributed by atoms with Crippen molar-refractivity contribution >= 4 is 0 Å². The second-order valence-electron chi connectivity index (χ2n) is 2.63. The third-order valence-corrected chi connectivity index (χ3v) is 2.05. The Morgan fingerprint density at radius 3 is 1.60 bits per heavy atom. The van der Waals surface area contributed by atoms with E-state index >= 15 is 0 Å². The predicted molar refractivity (Wildman–Crippen MR) is 39.3 cm³/mol. The zero-order valence-corrected chi connectivity index (χ0v) is 6.95. The molecule has 0 radical (unpaired) electrons. The molecular formula is C8H16F2. The number of rotatable bonds is 4. The minimum Gasteiger partial charge on any atom is -0.207 e. The topological polar surface area (TPSA) is 0 Å². The van der Waals surface area contributed by atoms with E-state index in [9.17, 15) is 8.78 Å². The number of alkyl halides is 2. The van der Waals surface area contributed by atoms with Crippen LogP contribution in [0.3, 0.4) is 0 Å². The summed E-state index contributed by atoms with van der Waals surface area (Å²) in [5.74, 6) is -2.86. The van der Waals surface area contributed by atoms with Crippen molar-refractivity contribution in [2.24, 2.45) is 5.92 Å². The summed E-state index contributed by atoms with van der Waals surface area (Å²) < 4.78 is 25.6. The average Bonchev–Trinajstić information content (AvgIpc) is 1.90. The molecule has 0 aliphatic heterocycles. The van der Waals surface area contributed by atoms with Gasteiger partial charge in [0.15, 0.2) is 0 Å². The molecule has 0 heterocycles. The Morgan fingerprint density at radius 2 is 1.50 bits per heavy atom. The molecule has 0 N–H and O–H groups in total. The number of hydrogen-bond donors (Lipinski definition) is 0. The van der Waals surface area contributed by atoms with Gasteiger partial charge in [0.2, 0.25) is 0 Å². The summed E-state index contributed by atoms with van der Waals surface area (Å²) in [6, 6.07) is 0. The van der Waals surface area contributed by atoms with E-state index in [0.29, 0.717) is 12.8 Å². The van der Waals surface area contributed by atoms with Crippen LogP contribution < -0.4 is 0 Å². The zero-order chi connectivity index (χ0) is 8.20. The average molecular weight is 150 g/mol. The van der Waals surface area contributed by atoms with Gasteiger partial charge in [-0.1, -0.05) is 20.8 Å². The normalized spacial score (nSPS) is 12.6. The van der Waals surface area contributed by atoms with Crippen LogP contribution >= 0.6 is 0 Å². The van der Waals surface area contributed by atoms with Crippen molar-refractivity contribution in [1.29, 1.82) is 0 Å². The smallest absolute Gasteiger partial charge is 0.207 e. The molecule has 0 fully saturated rings. The molecule has 0 amide bonds. The molecule has 0 nitrogen and oxygen atoms in total. The highest BCUT2D eigenvalue weighted by molar-refractivity contribution is 4.72. The third-order valence-electron chi connectivity index (χ3n) is 2.05. The Hall–Kier alpha value is -0.140. The van der Waals surface area contributed by atoms with Gasteiger partial charge in [-0.25, -0.2) is 8.78 Å². The van der Waals surface area contributed by atoms with Crippen molar-refractivity contribution in [3.05, 3.63) is 0 Å². The molecule has 0 atom stereocenters. The summed E-state index contributed by atoms with van der Waals surface area (Å²) in [5.41, 5.74) is 0. The Kier molecular flexibility index (Phi) is 3.84. The van der Waals surface area contributed by atoms with Gasteiger partial charge >= 0.3 is 0 Å². The summed E-state index contributed by atoms with van der Waals surface area (Å²) in [4.78, 5) is 0. The molecule has 10 heavy (non-hydrogen) atoms. The lowest BCUT2D eigenvalue weighted by molar-refractivity contribution is -0.0638. The van der Waals surface area contributed by atoms with Crippen molar-refractivity contribution in [3.63, 3.8) is 0 Å². The van der Waals surface area contributed by atoms with Crippen LogP contribution in [-0.2, 0) is 0 Å². The van der Waals surface area contributed by atoms with Crippen LogP contribution in [0.15, 0.2) is 0 Å². The van der Waals surface area contributed by atoms with E-state index in [1.54, 1.807) is 6.92 Å². The van der Waals surface area contributed by atoms with E-state index in [-0.39, 0.29) is 6.42 Å². The van der Waals surface area contributed by atoms with Crippen LogP contribution in [0, 0.1) is 5.92 Å². The molecule has 2 heteroatoms. The number of hydrogen-bond acceptors (Lipinski definition) is 0. The Labute approximate surface area is 61.6 Å². The van der Waals surface area contributed by atoms with E-state index in [1.807, 2.05) is 13.8 Å². The largest absolute Gasteiger partial charge is 0.250 e. The van der Waals surface area contributed by atoms with Crippen LogP contribution in [0.2, 0.25) is 0 Å². The summed E-state index contributed by atoms with van der Waals surface area (Å²) >= 11 is 0. The highest BCUT2D eigenvalue weighted by Crippen LogP contribution is 2.32. The van der Waals surface area contributed by atoms with Gasteiger partial charge in [0.25, 0.3) is 5.92 Å². The van der Waals surface area contributed by atoms with E-state index in [2.05, 4.69) is 0 Å². The molecule has 0 unspecified atom stereocenters. The minimum absolute atomic E-state index is 0.0284. The lowest BCUT2D eigenvalue weighted by Crippen LogP contribution is -2.26. The summed E-state index contributed by atoms with van der Waals surface area (Å²) in [6.07, 6.45) is 1.13. The van der Waals surface area contributed by atoms with Crippen molar-refractivity contribution in [2.45, 2.75) is 46.0 Å². The SMILES string of the molecule is CCC(CC)C(F)(F)CC. The molecule has 0 aromatic heterocycles. The van der Waals surface area contributed by atoms with Gasteiger partial charge in [0.05, 0.1) is 0 Å². The van der Waals surface area contributed by atoms with Gasteiger partial charge in [0, 0.05) is 12.3 Å². The maximum atomic E-state index is 12.8. The molecule has 0 bridgehead atoms. The molecule has 0 saturated heterocycles. The van der Waals surface area contributed by atoms with Gasteiger partial charge in [-0.3, -0.25) is 0 Å². The fourth-order valence-corrected chi connectivity index (χ4v) is 1.17. The molecule has 0 aromatic carbocycles. The monoisotopic (exact) mass is 150 g/mol. The molecule has 0 aliphatic carbocycles. The molecule has 62 valence electrons. The van der Waals surface area contributed by atoms with Crippen LogP contribution in [0.25, 0.3) is 0 Å². The lowest BCUT2D eigenvalue weighted by Gasteiger charge is -2.23. The maximum Gasteiger partial charge on any atom is 0.250 e. The number of halogens is 2. The first-order valence-corrected chi connectivity index (χ1v) is 3.96. The molecule has 0 saturated carbocycles. The van der Waals surface area contributed by atoms with Crippen LogP contribution in [0.4, 0.5) is 8.78 Å². The maximum absolute atomic E-state index is 12.8. The van der Waals surface area contributed by atoms with Gasteiger partial charge in [-0.2, -0.15) is 0 Å². The zero-order valence-electron chi connectivity index (χ0n) is 6.95. The first-order chi connectivity index (χ1) is 4.58. The fourth-order valence-electron chi connectivity index (χ4n) is 1.17. The second-order valence-corrected chi connectivity index (χ2v) is 2.63. The summed E-state index contributed by atoms with van der Waals surface area (Å²) in [6.45, 7) is 5.17. The van der Waals surface area contributed by atoms with Gasteiger partial charge in [-0.05, 0) is 12.8 Å². The van der Waals surface area contributed by atoms with Crippen molar-refractivity contribution < 1.29 is 8.78 Å². The van der Waals surface area contributed by atoms with Gasteiger partial charge in [0.1, 0.15) is 0 Å². The highest BCUT2D eigenvalue weighted by Gasteiger charge is 2.34. The lowest BCUT2D eigenvalue weighted by atomic mass is 9.94. The first-order valence-electron chi connectivity index (χ1n) is 3.96. The van der Waals surface area contributed by atoms with E-state index in [4.69, 9.17) is 0 Å². The Morgan fingerprint density at radius 1 is 1.10 bits per heavy atom. The molecule has 0 aliphatic rings. The van der Waals surface area contributed by atoms with Crippen molar-refractivity contribution in [1.82, 2.24) is 0 Å². The Balaban J connectivity index is 3.97. The Bertz CT molecular complexity index is 85.3. The van der Waals surface area contributed by atoms with Crippen molar-refractivity contribution in [2.75, 3.05) is 0 Å². The van der Waals surface area contributed by atoms with Crippen molar-refractivity contribution in [3.8, 4) is 0 Å². The highest BCUT2D eigenvalue weighted by atomic mass is 19.3. The fraction of sp³-hybridized carbons (Fsp3) is 1.00. The first kappa shape index (κ1) is 9.86. The van der Waals surface area contributed by atoms with E-state index < -0.39 is 11.8 Å². The minimum atomic E-state index is -2.44. The van der Waals surface area contributed by atoms with E-state index in [0.717, 1.165) is 0 Å². The van der Waals surface area contributed by atoms with Crippen LogP contribution in [0.1, 0.15) is 40.0 Å². The van der Waals surface area contributed by atoms with Gasteiger partial charge < -0.3 is 0 Å². The standard InChI is InChI=1S/C8H16F2/c1-4-7(5-2)8(9,10)6-3/h7H,4-6H2,1-3H3. The second kappa shape index (κ2) is 3.89. The van der Waals surface area contributed by atoms with Crippen LogP contribution in [0.5, 0.6) is 0 Å². The van der Waals surface area contributed by atoms with E-state index in [1.165, 1.54) is 0 Å².